The van der Waals surface area contributed by atoms with Gasteiger partial charge in [-0.1, -0.05) is 44.2 Å². The molecular weight excluding hydrogens is 292 g/mol. The minimum Gasteiger partial charge on any atom is -0.480 e. The summed E-state index contributed by atoms with van der Waals surface area (Å²) in [6.07, 6.45) is 0.460. The van der Waals surface area contributed by atoms with Crippen LogP contribution in [0.1, 0.15) is 52.6 Å². The number of aliphatic carboxylic acids is 1. The van der Waals surface area contributed by atoms with Crippen molar-refractivity contribution < 1.29 is 14.7 Å². The van der Waals surface area contributed by atoms with Crippen molar-refractivity contribution in [1.29, 1.82) is 0 Å². The van der Waals surface area contributed by atoms with Gasteiger partial charge in [-0.05, 0) is 38.7 Å². The average Bonchev–Trinajstić information content (AvgIpc) is 2.41. The third-order valence-corrected chi connectivity index (χ3v) is 3.27. The largest absolute Gasteiger partial charge is 0.480 e. The molecule has 1 rings (SSSR count). The number of carboxylic acids is 1. The Morgan fingerprint density at radius 1 is 1.13 bits per heavy atom. The van der Waals surface area contributed by atoms with Crippen LogP contribution in [0.5, 0.6) is 0 Å². The number of nitrogens with one attached hydrogen (secondary N) is 2. The molecule has 0 heterocycles. The number of hydrogen-bond donors (Lipinski definition) is 3. The highest BCUT2D eigenvalue weighted by atomic mass is 16.4. The maximum Gasteiger partial charge on any atom is 0.320 e. The first-order valence-corrected chi connectivity index (χ1v) is 7.96. The van der Waals surface area contributed by atoms with Gasteiger partial charge in [0.05, 0.1) is 0 Å². The number of carboxylic acid groups (broad SMARTS) is 1. The minimum atomic E-state index is -0.941. The molecule has 2 atom stereocenters. The van der Waals surface area contributed by atoms with E-state index in [0.717, 1.165) is 5.56 Å². The summed E-state index contributed by atoms with van der Waals surface area (Å²) in [6, 6.07) is 7.73. The second kappa shape index (κ2) is 8.11. The molecule has 1 aromatic carbocycles. The molecule has 0 aromatic heterocycles. The smallest absolute Gasteiger partial charge is 0.320 e. The molecule has 5 nitrogen and oxygen atoms in total. The zero-order valence-corrected chi connectivity index (χ0v) is 14.6. The van der Waals surface area contributed by atoms with Crippen LogP contribution in [0.15, 0.2) is 30.3 Å². The van der Waals surface area contributed by atoms with E-state index in [1.165, 1.54) is 0 Å². The van der Waals surface area contributed by atoms with E-state index >= 15 is 0 Å². The summed E-state index contributed by atoms with van der Waals surface area (Å²) < 4.78 is 0. The van der Waals surface area contributed by atoms with Crippen molar-refractivity contribution in [3.63, 3.8) is 0 Å². The van der Waals surface area contributed by atoms with E-state index in [2.05, 4.69) is 10.6 Å². The Hall–Kier alpha value is -1.88. The molecule has 0 aliphatic rings. The summed E-state index contributed by atoms with van der Waals surface area (Å²) in [6.45, 7) is 9.62. The summed E-state index contributed by atoms with van der Waals surface area (Å²) >= 11 is 0. The topological polar surface area (TPSA) is 78.4 Å². The molecule has 0 spiro atoms. The monoisotopic (exact) mass is 320 g/mol. The van der Waals surface area contributed by atoms with Crippen LogP contribution in [-0.2, 0) is 9.59 Å². The molecular formula is C18H28N2O3. The molecule has 0 saturated carbocycles. The van der Waals surface area contributed by atoms with Gasteiger partial charge in [-0.2, -0.15) is 0 Å². The van der Waals surface area contributed by atoms with Gasteiger partial charge in [0, 0.05) is 5.54 Å². The first kappa shape index (κ1) is 19.2. The van der Waals surface area contributed by atoms with E-state index in [1.807, 2.05) is 65.0 Å². The second-order valence-corrected chi connectivity index (χ2v) is 7.27. The lowest BCUT2D eigenvalue weighted by Gasteiger charge is -2.28. The maximum absolute atomic E-state index is 12.6. The zero-order valence-electron chi connectivity index (χ0n) is 14.6. The van der Waals surface area contributed by atoms with Crippen molar-refractivity contribution in [2.24, 2.45) is 5.92 Å². The number of carbonyl (C=O) groups is 2. The number of amides is 1. The number of carbonyl (C=O) groups excluding carboxylic acids is 1. The molecule has 3 N–H and O–H groups in total. The number of benzene rings is 1. The highest BCUT2D eigenvalue weighted by Crippen LogP contribution is 2.17. The van der Waals surface area contributed by atoms with Crippen molar-refractivity contribution >= 4 is 11.9 Å². The molecule has 128 valence electrons. The van der Waals surface area contributed by atoms with Crippen molar-refractivity contribution in [1.82, 2.24) is 10.6 Å². The molecule has 0 fully saturated rings. The van der Waals surface area contributed by atoms with Crippen molar-refractivity contribution in [2.45, 2.75) is 58.7 Å². The minimum absolute atomic E-state index is 0.214. The molecule has 0 aliphatic heterocycles. The van der Waals surface area contributed by atoms with Crippen LogP contribution in [0.25, 0.3) is 0 Å². The molecule has 5 heteroatoms. The Bertz CT molecular complexity index is 521. The summed E-state index contributed by atoms with van der Waals surface area (Å²) in [4.78, 5) is 24.2. The number of rotatable bonds is 7. The molecule has 0 radical (unpaired) electrons. The first-order chi connectivity index (χ1) is 10.6. The fraction of sp³-hybridized carbons (Fsp3) is 0.556. The lowest BCUT2D eigenvalue weighted by atomic mass is 9.99. The van der Waals surface area contributed by atoms with Gasteiger partial charge in [0.25, 0.3) is 0 Å². The first-order valence-electron chi connectivity index (χ1n) is 7.96. The highest BCUT2D eigenvalue weighted by Gasteiger charge is 2.29. The van der Waals surface area contributed by atoms with E-state index < -0.39 is 18.1 Å². The third-order valence-electron chi connectivity index (χ3n) is 3.27. The number of hydrogen-bond acceptors (Lipinski definition) is 3. The standard InChI is InChI=1S/C18H28N2O3/c1-12(2)11-14(17(22)23)19-15(13-9-7-6-8-10-13)16(21)20-18(3,4)5/h6-10,12,14-15,19H,11H2,1-5H3,(H,20,21)(H,22,23)/t14-,15+/m0/s1. The van der Waals surface area contributed by atoms with Gasteiger partial charge < -0.3 is 10.4 Å². The average molecular weight is 320 g/mol. The molecule has 1 amide bonds. The van der Waals surface area contributed by atoms with Crippen LogP contribution in [0.4, 0.5) is 0 Å². The van der Waals surface area contributed by atoms with Gasteiger partial charge in [-0.15, -0.1) is 0 Å². The van der Waals surface area contributed by atoms with E-state index in [9.17, 15) is 14.7 Å². The summed E-state index contributed by atoms with van der Waals surface area (Å²) in [5, 5.41) is 15.4. The quantitative estimate of drug-likeness (QED) is 0.722. The van der Waals surface area contributed by atoms with Crippen LogP contribution in [0, 0.1) is 5.92 Å². The lowest BCUT2D eigenvalue weighted by Crippen LogP contribution is -2.50. The Balaban J connectivity index is 3.04. The molecule has 0 unspecified atom stereocenters. The van der Waals surface area contributed by atoms with Crippen LogP contribution in [0.2, 0.25) is 0 Å². The predicted molar refractivity (Wildman–Crippen MR) is 91.1 cm³/mol. The summed E-state index contributed by atoms with van der Waals surface area (Å²) in [5.41, 5.74) is 0.368. The Morgan fingerprint density at radius 3 is 2.13 bits per heavy atom. The Morgan fingerprint density at radius 2 is 1.70 bits per heavy atom. The van der Waals surface area contributed by atoms with Crippen LogP contribution in [-0.4, -0.2) is 28.6 Å². The van der Waals surface area contributed by atoms with E-state index in [4.69, 9.17) is 0 Å². The Kier molecular flexibility index (Phi) is 6.76. The molecule has 1 aromatic rings. The molecule has 0 bridgehead atoms. The second-order valence-electron chi connectivity index (χ2n) is 7.27. The van der Waals surface area contributed by atoms with Crippen molar-refractivity contribution in [2.75, 3.05) is 0 Å². The molecule has 23 heavy (non-hydrogen) atoms. The predicted octanol–water partition coefficient (Wildman–Crippen LogP) is 2.73. The van der Waals surface area contributed by atoms with Crippen LogP contribution >= 0.6 is 0 Å². The SMILES string of the molecule is CC(C)C[C@H](N[C@@H](C(=O)NC(C)(C)C)c1ccccc1)C(=O)O. The van der Waals surface area contributed by atoms with E-state index in [0.29, 0.717) is 6.42 Å². The Labute approximate surface area is 138 Å². The highest BCUT2D eigenvalue weighted by molar-refractivity contribution is 5.85. The van der Waals surface area contributed by atoms with Gasteiger partial charge in [-0.25, -0.2) is 0 Å². The van der Waals surface area contributed by atoms with Crippen molar-refractivity contribution in [3.8, 4) is 0 Å². The lowest BCUT2D eigenvalue weighted by molar-refractivity contribution is -0.140. The fourth-order valence-corrected chi connectivity index (χ4v) is 2.32. The van der Waals surface area contributed by atoms with Gasteiger partial charge >= 0.3 is 5.97 Å². The van der Waals surface area contributed by atoms with Gasteiger partial charge in [-0.3, -0.25) is 14.9 Å². The normalized spacial score (nSPS) is 14.3. The summed E-state index contributed by atoms with van der Waals surface area (Å²) in [5.74, 6) is -0.951. The van der Waals surface area contributed by atoms with Crippen LogP contribution in [0.3, 0.4) is 0 Å². The van der Waals surface area contributed by atoms with Crippen LogP contribution < -0.4 is 10.6 Å². The zero-order chi connectivity index (χ0) is 17.6. The van der Waals surface area contributed by atoms with Gasteiger partial charge in [0.15, 0.2) is 0 Å². The molecule has 0 saturated heterocycles. The fourth-order valence-electron chi connectivity index (χ4n) is 2.32. The molecule has 0 aliphatic carbocycles. The third kappa shape index (κ3) is 6.82. The van der Waals surface area contributed by atoms with Gasteiger partial charge in [0.2, 0.25) is 5.91 Å². The van der Waals surface area contributed by atoms with Crippen molar-refractivity contribution in [3.05, 3.63) is 35.9 Å². The van der Waals surface area contributed by atoms with E-state index in [-0.39, 0.29) is 17.4 Å². The maximum atomic E-state index is 12.6. The van der Waals surface area contributed by atoms with Gasteiger partial charge in [0.1, 0.15) is 12.1 Å². The summed E-state index contributed by atoms with van der Waals surface area (Å²) in [7, 11) is 0. The van der Waals surface area contributed by atoms with E-state index in [1.54, 1.807) is 0 Å².